The van der Waals surface area contributed by atoms with E-state index < -0.39 is 0 Å². The van der Waals surface area contributed by atoms with E-state index in [4.69, 9.17) is 16.6 Å². The Balaban J connectivity index is 1.76. The van der Waals surface area contributed by atoms with Gasteiger partial charge in [-0.25, -0.2) is 9.97 Å². The second-order valence-corrected chi connectivity index (χ2v) is 6.44. The minimum Gasteiger partial charge on any atom is -0.241 e. The summed E-state index contributed by atoms with van der Waals surface area (Å²) in [6.07, 6.45) is 11.1. The number of aromatic nitrogens is 2. The Hall–Kier alpha value is -0.630. The maximum atomic E-state index is 6.00. The molecule has 0 bridgehead atoms. The standard InChI is InChI=1S/C16H23ClN2/c1-2-11-3-5-13(6-4-11)16-18-10-14(9-17)15(19-16)12-7-8-12/h10-13H,2-9H2,1H3. The van der Waals surface area contributed by atoms with Crippen LogP contribution in [0.1, 0.15) is 80.8 Å². The monoisotopic (exact) mass is 278 g/mol. The molecule has 104 valence electrons. The highest BCUT2D eigenvalue weighted by atomic mass is 35.5. The molecule has 0 unspecified atom stereocenters. The zero-order valence-electron chi connectivity index (χ0n) is 11.7. The van der Waals surface area contributed by atoms with Gasteiger partial charge in [-0.05, 0) is 44.4 Å². The van der Waals surface area contributed by atoms with Crippen LogP contribution in [-0.2, 0) is 5.88 Å². The number of hydrogen-bond donors (Lipinski definition) is 0. The molecular weight excluding hydrogens is 256 g/mol. The maximum Gasteiger partial charge on any atom is 0.131 e. The minimum atomic E-state index is 0.550. The van der Waals surface area contributed by atoms with Gasteiger partial charge in [0, 0.05) is 23.6 Å². The summed E-state index contributed by atoms with van der Waals surface area (Å²) in [7, 11) is 0. The van der Waals surface area contributed by atoms with E-state index in [1.54, 1.807) is 0 Å². The minimum absolute atomic E-state index is 0.550. The van der Waals surface area contributed by atoms with Gasteiger partial charge in [-0.15, -0.1) is 11.6 Å². The second kappa shape index (κ2) is 5.78. The SMILES string of the molecule is CCC1CCC(c2ncc(CCl)c(C3CC3)n2)CC1. The number of rotatable bonds is 4. The molecule has 2 aliphatic rings. The molecule has 3 heteroatoms. The molecule has 0 aromatic carbocycles. The average molecular weight is 279 g/mol. The van der Waals surface area contributed by atoms with Crippen LogP contribution in [-0.4, -0.2) is 9.97 Å². The molecule has 2 aliphatic carbocycles. The van der Waals surface area contributed by atoms with Crippen molar-refractivity contribution in [2.24, 2.45) is 5.92 Å². The molecular formula is C16H23ClN2. The summed E-state index contributed by atoms with van der Waals surface area (Å²) in [5.74, 6) is 3.83. The lowest BCUT2D eigenvalue weighted by molar-refractivity contribution is 0.311. The third-order valence-electron chi connectivity index (χ3n) is 4.81. The first-order valence-electron chi connectivity index (χ1n) is 7.73. The van der Waals surface area contributed by atoms with Crippen molar-refractivity contribution in [2.75, 3.05) is 0 Å². The zero-order valence-corrected chi connectivity index (χ0v) is 12.5. The fraction of sp³-hybridized carbons (Fsp3) is 0.750. The fourth-order valence-electron chi connectivity index (χ4n) is 3.27. The summed E-state index contributed by atoms with van der Waals surface area (Å²) in [4.78, 5) is 9.48. The Morgan fingerprint density at radius 2 is 1.79 bits per heavy atom. The van der Waals surface area contributed by atoms with Crippen LogP contribution in [0.5, 0.6) is 0 Å². The van der Waals surface area contributed by atoms with Gasteiger partial charge in [-0.1, -0.05) is 13.3 Å². The highest BCUT2D eigenvalue weighted by Crippen LogP contribution is 2.42. The Morgan fingerprint density at radius 1 is 1.11 bits per heavy atom. The lowest BCUT2D eigenvalue weighted by Crippen LogP contribution is -2.16. The van der Waals surface area contributed by atoms with Gasteiger partial charge in [-0.3, -0.25) is 0 Å². The molecule has 19 heavy (non-hydrogen) atoms. The van der Waals surface area contributed by atoms with Gasteiger partial charge in [0.2, 0.25) is 0 Å². The van der Waals surface area contributed by atoms with Crippen LogP contribution in [0.15, 0.2) is 6.20 Å². The zero-order chi connectivity index (χ0) is 13.2. The van der Waals surface area contributed by atoms with Crippen molar-refractivity contribution in [3.05, 3.63) is 23.3 Å². The molecule has 2 fully saturated rings. The first-order valence-corrected chi connectivity index (χ1v) is 8.27. The van der Waals surface area contributed by atoms with E-state index in [0.29, 0.717) is 17.7 Å². The van der Waals surface area contributed by atoms with E-state index in [0.717, 1.165) is 17.3 Å². The highest BCUT2D eigenvalue weighted by molar-refractivity contribution is 6.17. The van der Waals surface area contributed by atoms with Crippen LogP contribution < -0.4 is 0 Å². The molecule has 0 amide bonds. The van der Waals surface area contributed by atoms with Crippen LogP contribution in [0.3, 0.4) is 0 Å². The van der Waals surface area contributed by atoms with E-state index in [-0.39, 0.29) is 0 Å². The summed E-state index contributed by atoms with van der Waals surface area (Å²) >= 11 is 6.00. The van der Waals surface area contributed by atoms with E-state index in [9.17, 15) is 0 Å². The van der Waals surface area contributed by atoms with Gasteiger partial charge in [0.1, 0.15) is 5.82 Å². The summed E-state index contributed by atoms with van der Waals surface area (Å²) in [5, 5.41) is 0. The summed E-state index contributed by atoms with van der Waals surface area (Å²) < 4.78 is 0. The predicted molar refractivity (Wildman–Crippen MR) is 78.6 cm³/mol. The van der Waals surface area contributed by atoms with Gasteiger partial charge in [0.25, 0.3) is 0 Å². The Bertz CT molecular complexity index is 434. The molecule has 2 nitrogen and oxygen atoms in total. The molecule has 1 aromatic rings. The first-order chi connectivity index (χ1) is 9.31. The van der Waals surface area contributed by atoms with Crippen molar-refractivity contribution in [2.45, 2.75) is 69.6 Å². The molecule has 0 spiro atoms. The van der Waals surface area contributed by atoms with E-state index in [1.807, 2.05) is 6.20 Å². The van der Waals surface area contributed by atoms with Crippen LogP contribution in [0, 0.1) is 5.92 Å². The lowest BCUT2D eigenvalue weighted by atomic mass is 9.80. The van der Waals surface area contributed by atoms with Crippen LogP contribution in [0.4, 0.5) is 0 Å². The molecule has 0 atom stereocenters. The van der Waals surface area contributed by atoms with Crippen molar-refractivity contribution in [3.8, 4) is 0 Å². The van der Waals surface area contributed by atoms with E-state index in [2.05, 4.69) is 11.9 Å². The van der Waals surface area contributed by atoms with Gasteiger partial charge >= 0.3 is 0 Å². The quantitative estimate of drug-likeness (QED) is 0.741. The summed E-state index contributed by atoms with van der Waals surface area (Å²) in [6, 6.07) is 0. The lowest BCUT2D eigenvalue weighted by Gasteiger charge is -2.27. The second-order valence-electron chi connectivity index (χ2n) is 6.17. The molecule has 1 heterocycles. The number of halogens is 1. The van der Waals surface area contributed by atoms with Crippen molar-refractivity contribution in [3.63, 3.8) is 0 Å². The van der Waals surface area contributed by atoms with Crippen molar-refractivity contribution in [1.82, 2.24) is 9.97 Å². The predicted octanol–water partition coefficient (Wildman–Crippen LogP) is 4.78. The van der Waals surface area contributed by atoms with Gasteiger partial charge in [0.05, 0.1) is 11.6 Å². The number of nitrogens with zero attached hydrogens (tertiary/aromatic N) is 2. The van der Waals surface area contributed by atoms with Gasteiger partial charge < -0.3 is 0 Å². The van der Waals surface area contributed by atoms with Gasteiger partial charge in [0.15, 0.2) is 0 Å². The topological polar surface area (TPSA) is 25.8 Å². The largest absolute Gasteiger partial charge is 0.241 e. The van der Waals surface area contributed by atoms with E-state index in [1.165, 1.54) is 50.6 Å². The summed E-state index contributed by atoms with van der Waals surface area (Å²) in [6.45, 7) is 2.31. The Morgan fingerprint density at radius 3 is 2.37 bits per heavy atom. The van der Waals surface area contributed by atoms with E-state index >= 15 is 0 Å². The van der Waals surface area contributed by atoms with Crippen molar-refractivity contribution < 1.29 is 0 Å². The first kappa shape index (κ1) is 13.4. The van der Waals surface area contributed by atoms with Crippen molar-refractivity contribution >= 4 is 11.6 Å². The molecule has 3 rings (SSSR count). The molecule has 0 saturated heterocycles. The van der Waals surface area contributed by atoms with Gasteiger partial charge in [-0.2, -0.15) is 0 Å². The molecule has 1 aromatic heterocycles. The van der Waals surface area contributed by atoms with Crippen LogP contribution >= 0.6 is 11.6 Å². The highest BCUT2D eigenvalue weighted by Gasteiger charge is 2.30. The molecule has 2 saturated carbocycles. The average Bonchev–Trinajstić information content (AvgIpc) is 3.31. The van der Waals surface area contributed by atoms with Crippen molar-refractivity contribution in [1.29, 1.82) is 0 Å². The third kappa shape index (κ3) is 2.94. The third-order valence-corrected chi connectivity index (χ3v) is 5.10. The maximum absolute atomic E-state index is 6.00. The number of alkyl halides is 1. The normalized spacial score (nSPS) is 27.5. The Labute approximate surface area is 121 Å². The summed E-state index contributed by atoms with van der Waals surface area (Å²) in [5.41, 5.74) is 2.40. The number of hydrogen-bond acceptors (Lipinski definition) is 2. The molecule has 0 aliphatic heterocycles. The van der Waals surface area contributed by atoms with Crippen LogP contribution in [0.2, 0.25) is 0 Å². The Kier molecular flexibility index (Phi) is 4.07. The molecule has 0 radical (unpaired) electrons. The fourth-order valence-corrected chi connectivity index (χ4v) is 3.48. The van der Waals surface area contributed by atoms with Crippen LogP contribution in [0.25, 0.3) is 0 Å². The smallest absolute Gasteiger partial charge is 0.131 e. The molecule has 0 N–H and O–H groups in total.